The van der Waals surface area contributed by atoms with E-state index >= 15 is 0 Å². The largest absolute Gasteiger partial charge is 0.508 e. The topological polar surface area (TPSA) is 226 Å². The van der Waals surface area contributed by atoms with Crippen LogP contribution in [0.2, 0.25) is 0 Å². The molecule has 3 aliphatic carbocycles. The number of nitrogens with zero attached hydrogens (tertiary/aromatic N) is 1. The Balaban J connectivity index is 2.02. The zero-order valence-electron chi connectivity index (χ0n) is 23.5. The highest BCUT2D eigenvalue weighted by atomic mass is 16.6. The first-order valence-electron chi connectivity index (χ1n) is 13.1. The molecule has 1 aromatic rings. The van der Waals surface area contributed by atoms with E-state index in [0.29, 0.717) is 11.1 Å². The number of phenols is 1. The molecule has 1 fully saturated rings. The maximum absolute atomic E-state index is 14.3. The molecule has 0 saturated heterocycles. The first kappa shape index (κ1) is 30.7. The van der Waals surface area contributed by atoms with Crippen LogP contribution in [-0.2, 0) is 41.6 Å². The van der Waals surface area contributed by atoms with Crippen LogP contribution in [0.1, 0.15) is 30.0 Å². The van der Waals surface area contributed by atoms with Gasteiger partial charge in [0, 0.05) is 12.5 Å². The van der Waals surface area contributed by atoms with Crippen molar-refractivity contribution in [2.75, 3.05) is 34.4 Å². The average molecular weight is 588 g/mol. The number of aliphatic hydroxyl groups is 3. The number of amides is 1. The van der Waals surface area contributed by atoms with Crippen molar-refractivity contribution in [1.82, 2.24) is 10.2 Å². The van der Waals surface area contributed by atoms with E-state index in [1.165, 1.54) is 25.1 Å². The van der Waals surface area contributed by atoms with Crippen molar-refractivity contribution in [3.63, 3.8) is 0 Å². The van der Waals surface area contributed by atoms with E-state index in [2.05, 4.69) is 10.1 Å². The number of fused-ring (bicyclic) bond motifs is 3. The number of ether oxygens (including phenoxy) is 2. The van der Waals surface area contributed by atoms with Crippen molar-refractivity contribution >= 4 is 35.2 Å². The van der Waals surface area contributed by atoms with Gasteiger partial charge in [-0.15, -0.1) is 0 Å². The number of phenolic OH excluding ortho intramolecular Hbond substituents is 1. The van der Waals surface area contributed by atoms with Gasteiger partial charge in [-0.25, -0.2) is 4.79 Å². The van der Waals surface area contributed by atoms with Crippen LogP contribution in [0.25, 0.3) is 5.76 Å². The fourth-order valence-corrected chi connectivity index (χ4v) is 6.49. The lowest BCUT2D eigenvalue weighted by molar-refractivity contribution is -0.171. The van der Waals surface area contributed by atoms with Crippen LogP contribution in [0, 0.1) is 11.3 Å². The molecule has 0 bridgehead atoms. The Kier molecular flexibility index (Phi) is 7.93. The van der Waals surface area contributed by atoms with Crippen molar-refractivity contribution in [3.8, 4) is 5.75 Å². The fourth-order valence-electron chi connectivity index (χ4n) is 6.49. The zero-order chi connectivity index (χ0) is 31.3. The van der Waals surface area contributed by atoms with E-state index in [1.807, 2.05) is 0 Å². The number of likely N-dealkylation sites (N-methyl/N-ethyl adjacent to an activating group) is 1. The summed E-state index contributed by atoms with van der Waals surface area (Å²) in [6, 6.07) is 1.53. The van der Waals surface area contributed by atoms with Gasteiger partial charge in [-0.2, -0.15) is 0 Å². The number of primary amides is 1. The summed E-state index contributed by atoms with van der Waals surface area (Å²) in [6.07, 6.45) is -1.92. The standard InChI is InChI=1S/C28H33N3O11/c1-12(32)17-22(35)20(31(3)4)15-10-27(25(38)41-7-8-42-26(29)39)9-14-13(11-30-2)5-6-16(33)18(14)21(34)19(27)24(37)28(15,40)23(17)36/h5-6,15,20,30,33-34,36,40H,7-11H2,1-4H3,(H2,29,39)/t15-,20-,27+,28+/m0/s1. The molecule has 3 aliphatic rings. The van der Waals surface area contributed by atoms with Gasteiger partial charge in [0.2, 0.25) is 5.78 Å². The summed E-state index contributed by atoms with van der Waals surface area (Å²) >= 11 is 0. The number of aliphatic hydroxyl groups excluding tert-OH is 2. The molecule has 14 heteroatoms. The summed E-state index contributed by atoms with van der Waals surface area (Å²) in [4.78, 5) is 66.6. The number of nitrogens with two attached hydrogens (primary N) is 1. The van der Waals surface area contributed by atoms with Crippen molar-refractivity contribution in [3.05, 3.63) is 45.7 Å². The molecule has 0 unspecified atom stereocenters. The molecule has 1 saturated carbocycles. The first-order chi connectivity index (χ1) is 19.6. The monoisotopic (exact) mass is 587 g/mol. The van der Waals surface area contributed by atoms with E-state index in [-0.39, 0.29) is 18.5 Å². The van der Waals surface area contributed by atoms with Crippen LogP contribution < -0.4 is 11.1 Å². The molecule has 4 atom stereocenters. The Bertz CT molecular complexity index is 1460. The predicted molar refractivity (Wildman–Crippen MR) is 144 cm³/mol. The summed E-state index contributed by atoms with van der Waals surface area (Å²) in [7, 11) is 4.61. The van der Waals surface area contributed by atoms with Crippen LogP contribution in [0.4, 0.5) is 4.79 Å². The Labute approximate surface area is 240 Å². The number of rotatable bonds is 8. The van der Waals surface area contributed by atoms with Crippen molar-refractivity contribution in [2.45, 2.75) is 38.0 Å². The maximum Gasteiger partial charge on any atom is 0.404 e. The first-order valence-corrected chi connectivity index (χ1v) is 13.1. The Hall–Kier alpha value is -4.27. The second-order valence-electron chi connectivity index (χ2n) is 10.9. The van der Waals surface area contributed by atoms with E-state index in [1.54, 1.807) is 13.1 Å². The summed E-state index contributed by atoms with van der Waals surface area (Å²) < 4.78 is 10.0. The molecule has 42 heavy (non-hydrogen) atoms. The number of esters is 1. The minimum atomic E-state index is -2.89. The van der Waals surface area contributed by atoms with E-state index in [0.717, 1.165) is 6.92 Å². The van der Waals surface area contributed by atoms with Crippen LogP contribution >= 0.6 is 0 Å². The van der Waals surface area contributed by atoms with Crippen molar-refractivity contribution in [1.29, 1.82) is 0 Å². The molecule has 1 aromatic carbocycles. The van der Waals surface area contributed by atoms with E-state index in [4.69, 9.17) is 10.5 Å². The minimum absolute atomic E-state index is 0.153. The highest BCUT2D eigenvalue weighted by Gasteiger charge is 2.69. The summed E-state index contributed by atoms with van der Waals surface area (Å²) in [5, 5.41) is 48.4. The number of Topliss-reactive ketones (excluding diaryl/α,β-unsaturated/α-hetero) is 3. The Morgan fingerprint density at radius 3 is 2.33 bits per heavy atom. The number of hydrogen-bond acceptors (Lipinski definition) is 13. The zero-order valence-corrected chi connectivity index (χ0v) is 23.5. The minimum Gasteiger partial charge on any atom is -0.508 e. The number of benzene rings is 1. The quantitative estimate of drug-likeness (QED) is 0.132. The lowest BCUT2D eigenvalue weighted by Gasteiger charge is -2.53. The van der Waals surface area contributed by atoms with Crippen LogP contribution in [0.5, 0.6) is 5.75 Å². The number of aromatic hydroxyl groups is 1. The van der Waals surface area contributed by atoms with Gasteiger partial charge in [-0.3, -0.25) is 24.1 Å². The molecule has 0 aromatic heterocycles. The average Bonchev–Trinajstić information content (AvgIpc) is 2.89. The molecule has 0 heterocycles. The lowest BCUT2D eigenvalue weighted by Crippen LogP contribution is -2.68. The maximum atomic E-state index is 14.3. The molecular weight excluding hydrogens is 554 g/mol. The predicted octanol–water partition coefficient (Wildman–Crippen LogP) is -0.204. The van der Waals surface area contributed by atoms with Gasteiger partial charge >= 0.3 is 12.1 Å². The number of carbonyl (C=O) groups is 5. The smallest absolute Gasteiger partial charge is 0.404 e. The lowest BCUT2D eigenvalue weighted by atomic mass is 9.51. The molecular formula is C28H33N3O11. The van der Waals surface area contributed by atoms with Crippen molar-refractivity contribution in [2.24, 2.45) is 17.1 Å². The summed E-state index contributed by atoms with van der Waals surface area (Å²) in [5.74, 6) is -8.03. The second-order valence-corrected chi connectivity index (χ2v) is 10.9. The normalized spacial score (nSPS) is 26.9. The van der Waals surface area contributed by atoms with Crippen LogP contribution in [0.3, 0.4) is 0 Å². The number of ketones is 3. The van der Waals surface area contributed by atoms with E-state index < -0.39 is 100 Å². The third-order valence-electron chi connectivity index (χ3n) is 8.22. The Morgan fingerprint density at radius 1 is 1.12 bits per heavy atom. The molecule has 7 N–H and O–H groups in total. The second kappa shape index (κ2) is 10.9. The van der Waals surface area contributed by atoms with Gasteiger partial charge in [0.1, 0.15) is 41.5 Å². The van der Waals surface area contributed by atoms with E-state index in [9.17, 15) is 44.4 Å². The van der Waals surface area contributed by atoms with Crippen molar-refractivity contribution < 1.29 is 53.9 Å². The SMILES string of the molecule is CNCc1ccc(O)c2c1C[C@@]1(C(=O)OCCOC(N)=O)C[C@H]3[C@H](N(C)C)C(=O)C(C(C)=O)=C(O)[C@@]3(O)C(=O)C1=C2O. The Morgan fingerprint density at radius 2 is 1.76 bits per heavy atom. The molecule has 4 rings (SSSR count). The fraction of sp³-hybridized carbons (Fsp3) is 0.464. The van der Waals surface area contributed by atoms with Gasteiger partial charge < -0.3 is 41.0 Å². The highest BCUT2D eigenvalue weighted by Crippen LogP contribution is 2.59. The van der Waals surface area contributed by atoms with Gasteiger partial charge in [0.25, 0.3) is 0 Å². The molecule has 1 amide bonds. The number of nitrogens with one attached hydrogen (secondary N) is 1. The van der Waals surface area contributed by atoms with Gasteiger partial charge in [0.05, 0.1) is 17.2 Å². The van der Waals surface area contributed by atoms with Crippen LogP contribution in [-0.4, -0.2) is 101 Å². The summed E-state index contributed by atoms with van der Waals surface area (Å²) in [5.41, 5.74) is -0.661. The third-order valence-corrected chi connectivity index (χ3v) is 8.22. The van der Waals surface area contributed by atoms with Gasteiger partial charge in [0.15, 0.2) is 17.2 Å². The number of hydrogen-bond donors (Lipinski definition) is 6. The summed E-state index contributed by atoms with van der Waals surface area (Å²) in [6.45, 7) is 0.342. The van der Waals surface area contributed by atoms with Gasteiger partial charge in [-0.1, -0.05) is 6.07 Å². The molecule has 14 nitrogen and oxygen atoms in total. The molecule has 0 aliphatic heterocycles. The third kappa shape index (κ3) is 4.42. The van der Waals surface area contributed by atoms with Gasteiger partial charge in [-0.05, 0) is 58.1 Å². The highest BCUT2D eigenvalue weighted by molar-refractivity contribution is 6.25. The molecule has 0 spiro atoms. The number of carbonyl (C=O) groups excluding carboxylic acids is 5. The van der Waals surface area contributed by atoms with Crippen LogP contribution in [0.15, 0.2) is 29.0 Å². The molecule has 226 valence electrons. The molecule has 0 radical (unpaired) electrons.